The molecule has 2 heterocycles. The Balaban J connectivity index is 1.48. The number of aromatic nitrogens is 2. The van der Waals surface area contributed by atoms with Gasteiger partial charge < -0.3 is 18.9 Å². The van der Waals surface area contributed by atoms with E-state index in [0.29, 0.717) is 11.7 Å². The number of benzene rings is 2. The smallest absolute Gasteiger partial charge is 0.250 e. The zero-order chi connectivity index (χ0) is 18.5. The molecule has 0 aliphatic carbocycles. The summed E-state index contributed by atoms with van der Waals surface area (Å²) >= 11 is 0. The lowest BCUT2D eigenvalue weighted by atomic mass is 10.1. The van der Waals surface area contributed by atoms with Crippen LogP contribution in [0.2, 0.25) is 0 Å². The van der Waals surface area contributed by atoms with Crippen LogP contribution < -0.4 is 9.64 Å². The van der Waals surface area contributed by atoms with E-state index in [1.54, 1.807) is 13.2 Å². The zero-order valence-electron chi connectivity index (χ0n) is 15.2. The number of morpholine rings is 1. The van der Waals surface area contributed by atoms with Gasteiger partial charge in [0.05, 0.1) is 20.3 Å². The first-order chi connectivity index (χ1) is 13.3. The third-order valence-electron chi connectivity index (χ3n) is 4.49. The van der Waals surface area contributed by atoms with Crippen molar-refractivity contribution >= 4 is 17.8 Å². The SMILES string of the molecule is COc1ccccc1C=Cc1nc(-c2ccc(N3CCOCC3)cc2)no1. The van der Waals surface area contributed by atoms with E-state index in [2.05, 4.69) is 27.2 Å². The van der Waals surface area contributed by atoms with Gasteiger partial charge in [0.1, 0.15) is 5.75 Å². The number of anilines is 1. The first kappa shape index (κ1) is 17.3. The van der Waals surface area contributed by atoms with Gasteiger partial charge in [-0.3, -0.25) is 0 Å². The molecule has 0 amide bonds. The summed E-state index contributed by atoms with van der Waals surface area (Å²) in [4.78, 5) is 6.76. The molecule has 1 aliphatic rings. The molecule has 0 radical (unpaired) electrons. The molecule has 6 heteroatoms. The highest BCUT2D eigenvalue weighted by atomic mass is 16.5. The van der Waals surface area contributed by atoms with Crippen molar-refractivity contribution in [2.75, 3.05) is 38.3 Å². The van der Waals surface area contributed by atoms with Crippen LogP contribution in [-0.2, 0) is 4.74 Å². The van der Waals surface area contributed by atoms with E-state index in [-0.39, 0.29) is 0 Å². The van der Waals surface area contributed by atoms with Crippen LogP contribution in [0.3, 0.4) is 0 Å². The highest BCUT2D eigenvalue weighted by molar-refractivity contribution is 5.70. The first-order valence-corrected chi connectivity index (χ1v) is 8.91. The number of para-hydroxylation sites is 1. The van der Waals surface area contributed by atoms with Crippen molar-refractivity contribution < 1.29 is 14.0 Å². The van der Waals surface area contributed by atoms with Crippen LogP contribution in [0, 0.1) is 0 Å². The predicted molar refractivity (Wildman–Crippen MR) is 105 cm³/mol. The number of nitrogens with zero attached hydrogens (tertiary/aromatic N) is 3. The van der Waals surface area contributed by atoms with E-state index in [9.17, 15) is 0 Å². The van der Waals surface area contributed by atoms with Gasteiger partial charge in [-0.25, -0.2) is 0 Å². The number of hydrogen-bond acceptors (Lipinski definition) is 6. The van der Waals surface area contributed by atoms with Gasteiger partial charge in [-0.15, -0.1) is 0 Å². The largest absolute Gasteiger partial charge is 0.496 e. The van der Waals surface area contributed by atoms with E-state index in [1.165, 1.54) is 5.69 Å². The third-order valence-corrected chi connectivity index (χ3v) is 4.49. The first-order valence-electron chi connectivity index (χ1n) is 8.91. The molecule has 0 N–H and O–H groups in total. The quantitative estimate of drug-likeness (QED) is 0.688. The molecular formula is C21H21N3O3. The monoisotopic (exact) mass is 363 g/mol. The van der Waals surface area contributed by atoms with Crippen molar-refractivity contribution in [1.82, 2.24) is 10.1 Å². The van der Waals surface area contributed by atoms with E-state index in [1.807, 2.05) is 42.5 Å². The van der Waals surface area contributed by atoms with Crippen molar-refractivity contribution in [3.05, 3.63) is 60.0 Å². The second kappa shape index (κ2) is 8.05. The van der Waals surface area contributed by atoms with Crippen molar-refractivity contribution in [3.8, 4) is 17.1 Å². The number of hydrogen-bond donors (Lipinski definition) is 0. The summed E-state index contributed by atoms with van der Waals surface area (Å²) in [5, 5.41) is 4.08. The molecule has 0 saturated carbocycles. The molecule has 2 aromatic carbocycles. The minimum atomic E-state index is 0.452. The molecule has 1 aromatic heterocycles. The highest BCUT2D eigenvalue weighted by Gasteiger charge is 2.12. The van der Waals surface area contributed by atoms with Crippen LogP contribution in [0.5, 0.6) is 5.75 Å². The normalized spacial score (nSPS) is 14.6. The Morgan fingerprint density at radius 1 is 1.00 bits per heavy atom. The number of ether oxygens (including phenoxy) is 2. The molecule has 27 heavy (non-hydrogen) atoms. The Kier molecular flexibility index (Phi) is 5.16. The van der Waals surface area contributed by atoms with Crippen molar-refractivity contribution in [3.63, 3.8) is 0 Å². The van der Waals surface area contributed by atoms with Crippen LogP contribution >= 0.6 is 0 Å². The van der Waals surface area contributed by atoms with Gasteiger partial charge in [0.15, 0.2) is 0 Å². The lowest BCUT2D eigenvalue weighted by Gasteiger charge is -2.28. The molecule has 0 unspecified atom stereocenters. The standard InChI is InChI=1S/C21H21N3O3/c1-25-19-5-3-2-4-16(19)8-11-20-22-21(23-27-20)17-6-9-18(10-7-17)24-12-14-26-15-13-24/h2-11H,12-15H2,1H3. The second-order valence-electron chi connectivity index (χ2n) is 6.18. The summed E-state index contributed by atoms with van der Waals surface area (Å²) in [6.45, 7) is 3.38. The molecule has 3 aromatic rings. The number of rotatable bonds is 5. The maximum atomic E-state index is 5.40. The van der Waals surface area contributed by atoms with Crippen molar-refractivity contribution in [2.24, 2.45) is 0 Å². The Morgan fingerprint density at radius 3 is 2.56 bits per heavy atom. The minimum Gasteiger partial charge on any atom is -0.496 e. The van der Waals surface area contributed by atoms with Gasteiger partial charge >= 0.3 is 0 Å². The summed E-state index contributed by atoms with van der Waals surface area (Å²) in [6, 6.07) is 16.0. The van der Waals surface area contributed by atoms with Crippen molar-refractivity contribution in [2.45, 2.75) is 0 Å². The molecule has 1 saturated heterocycles. The fourth-order valence-corrected chi connectivity index (χ4v) is 3.03. The number of methoxy groups -OCH3 is 1. The van der Waals surface area contributed by atoms with E-state index in [0.717, 1.165) is 43.2 Å². The molecule has 1 aliphatic heterocycles. The van der Waals surface area contributed by atoms with Gasteiger partial charge in [-0.05, 0) is 36.4 Å². The molecule has 0 atom stereocenters. The van der Waals surface area contributed by atoms with E-state index >= 15 is 0 Å². The third kappa shape index (κ3) is 4.01. The van der Waals surface area contributed by atoms with Crippen LogP contribution in [0.1, 0.15) is 11.5 Å². The highest BCUT2D eigenvalue weighted by Crippen LogP contribution is 2.23. The fourth-order valence-electron chi connectivity index (χ4n) is 3.03. The second-order valence-corrected chi connectivity index (χ2v) is 6.18. The Hall–Kier alpha value is -3.12. The average molecular weight is 363 g/mol. The van der Waals surface area contributed by atoms with Gasteiger partial charge in [-0.2, -0.15) is 4.98 Å². The Labute approximate surface area is 158 Å². The van der Waals surface area contributed by atoms with Crippen LogP contribution in [-0.4, -0.2) is 43.6 Å². The fraction of sp³-hybridized carbons (Fsp3) is 0.238. The average Bonchev–Trinajstić information content (AvgIpc) is 3.22. The van der Waals surface area contributed by atoms with Crippen LogP contribution in [0.4, 0.5) is 5.69 Å². The Morgan fingerprint density at radius 2 is 1.78 bits per heavy atom. The van der Waals surface area contributed by atoms with Gasteiger partial charge in [0.25, 0.3) is 5.89 Å². The molecular weight excluding hydrogens is 342 g/mol. The van der Waals surface area contributed by atoms with Gasteiger partial charge in [0, 0.05) is 36.0 Å². The predicted octanol–water partition coefficient (Wildman–Crippen LogP) is 3.75. The molecule has 0 bridgehead atoms. The maximum Gasteiger partial charge on any atom is 0.250 e. The van der Waals surface area contributed by atoms with E-state index < -0.39 is 0 Å². The lowest BCUT2D eigenvalue weighted by molar-refractivity contribution is 0.122. The zero-order valence-corrected chi connectivity index (χ0v) is 15.2. The summed E-state index contributed by atoms with van der Waals surface area (Å²) in [5.41, 5.74) is 3.06. The Bertz CT molecular complexity index is 912. The van der Waals surface area contributed by atoms with Crippen LogP contribution in [0.25, 0.3) is 23.5 Å². The van der Waals surface area contributed by atoms with Crippen molar-refractivity contribution in [1.29, 1.82) is 0 Å². The summed E-state index contributed by atoms with van der Waals surface area (Å²) < 4.78 is 16.1. The molecule has 0 spiro atoms. The molecule has 4 rings (SSSR count). The lowest BCUT2D eigenvalue weighted by Crippen LogP contribution is -2.36. The molecule has 6 nitrogen and oxygen atoms in total. The topological polar surface area (TPSA) is 60.6 Å². The molecule has 1 fully saturated rings. The van der Waals surface area contributed by atoms with Gasteiger partial charge in [-0.1, -0.05) is 23.4 Å². The van der Waals surface area contributed by atoms with Crippen LogP contribution in [0.15, 0.2) is 53.1 Å². The van der Waals surface area contributed by atoms with Gasteiger partial charge in [0.2, 0.25) is 5.82 Å². The van der Waals surface area contributed by atoms with E-state index in [4.69, 9.17) is 14.0 Å². The maximum absolute atomic E-state index is 5.40. The summed E-state index contributed by atoms with van der Waals surface area (Å²) in [7, 11) is 1.65. The summed E-state index contributed by atoms with van der Waals surface area (Å²) in [6.07, 6.45) is 3.69. The summed E-state index contributed by atoms with van der Waals surface area (Å²) in [5.74, 6) is 1.82. The minimum absolute atomic E-state index is 0.452. The molecule has 138 valence electrons.